The molecular formula is C15H29N. The van der Waals surface area contributed by atoms with E-state index in [1.165, 1.54) is 45.1 Å². The molecule has 2 aliphatic carbocycles. The van der Waals surface area contributed by atoms with Gasteiger partial charge in [-0.2, -0.15) is 0 Å². The average Bonchev–Trinajstić information content (AvgIpc) is 2.68. The van der Waals surface area contributed by atoms with Crippen molar-refractivity contribution in [1.82, 2.24) is 5.32 Å². The zero-order valence-electron chi connectivity index (χ0n) is 11.6. The van der Waals surface area contributed by atoms with Crippen molar-refractivity contribution in [3.05, 3.63) is 0 Å². The van der Waals surface area contributed by atoms with Gasteiger partial charge in [-0.05, 0) is 42.4 Å². The van der Waals surface area contributed by atoms with Crippen LogP contribution in [-0.2, 0) is 0 Å². The molecule has 0 spiro atoms. The smallest absolute Gasteiger partial charge is 0.00982 e. The van der Waals surface area contributed by atoms with Crippen LogP contribution in [-0.4, -0.2) is 12.6 Å². The minimum Gasteiger partial charge on any atom is -0.313 e. The molecule has 0 aliphatic heterocycles. The fraction of sp³-hybridized carbons (Fsp3) is 1.00. The van der Waals surface area contributed by atoms with Gasteiger partial charge < -0.3 is 5.32 Å². The van der Waals surface area contributed by atoms with Crippen LogP contribution in [0.15, 0.2) is 0 Å². The van der Waals surface area contributed by atoms with Gasteiger partial charge in [0.2, 0.25) is 0 Å². The van der Waals surface area contributed by atoms with E-state index in [-0.39, 0.29) is 0 Å². The summed E-state index contributed by atoms with van der Waals surface area (Å²) in [7, 11) is 0. The Balaban J connectivity index is 1.82. The molecule has 1 N–H and O–H groups in total. The van der Waals surface area contributed by atoms with E-state index < -0.39 is 0 Å². The second-order valence-corrected chi connectivity index (χ2v) is 7.55. The molecule has 2 saturated carbocycles. The first-order chi connectivity index (χ1) is 7.40. The Morgan fingerprint density at radius 1 is 1.06 bits per heavy atom. The summed E-state index contributed by atoms with van der Waals surface area (Å²) in [5.74, 6) is 0.861. The van der Waals surface area contributed by atoms with E-state index in [0.29, 0.717) is 10.8 Å². The lowest BCUT2D eigenvalue weighted by Gasteiger charge is -2.28. The summed E-state index contributed by atoms with van der Waals surface area (Å²) in [4.78, 5) is 0. The Morgan fingerprint density at radius 2 is 1.69 bits per heavy atom. The zero-order chi connectivity index (χ0) is 11.8. The SMILES string of the molecule is CC1CC(C)(C)CC1NCC1(C)CCCC1. The van der Waals surface area contributed by atoms with Gasteiger partial charge >= 0.3 is 0 Å². The molecule has 0 heterocycles. The summed E-state index contributed by atoms with van der Waals surface area (Å²) < 4.78 is 0. The molecule has 2 aliphatic rings. The monoisotopic (exact) mass is 223 g/mol. The fourth-order valence-electron chi connectivity index (χ4n) is 3.95. The first-order valence-electron chi connectivity index (χ1n) is 7.14. The molecule has 94 valence electrons. The lowest BCUT2D eigenvalue weighted by molar-refractivity contribution is 0.279. The molecular weight excluding hydrogens is 194 g/mol. The standard InChI is InChI=1S/C15H29N/c1-12-9-14(2,3)10-13(12)16-11-15(4)7-5-6-8-15/h12-13,16H,5-11H2,1-4H3. The molecule has 1 nitrogen and oxygen atoms in total. The van der Waals surface area contributed by atoms with Crippen molar-refractivity contribution >= 4 is 0 Å². The minimum atomic E-state index is 0.563. The lowest BCUT2D eigenvalue weighted by Crippen LogP contribution is -2.38. The van der Waals surface area contributed by atoms with Crippen molar-refractivity contribution in [3.63, 3.8) is 0 Å². The third-order valence-electron chi connectivity index (χ3n) is 4.94. The van der Waals surface area contributed by atoms with Gasteiger partial charge in [0, 0.05) is 12.6 Å². The maximum atomic E-state index is 3.87. The fourth-order valence-corrected chi connectivity index (χ4v) is 3.95. The highest BCUT2D eigenvalue weighted by molar-refractivity contribution is 4.93. The van der Waals surface area contributed by atoms with Crippen LogP contribution >= 0.6 is 0 Å². The van der Waals surface area contributed by atoms with Crippen LogP contribution in [0.3, 0.4) is 0 Å². The quantitative estimate of drug-likeness (QED) is 0.763. The topological polar surface area (TPSA) is 12.0 Å². The van der Waals surface area contributed by atoms with E-state index in [9.17, 15) is 0 Å². The summed E-state index contributed by atoms with van der Waals surface area (Å²) in [6.07, 6.45) is 8.52. The van der Waals surface area contributed by atoms with E-state index in [0.717, 1.165) is 12.0 Å². The summed E-state index contributed by atoms with van der Waals surface area (Å²) >= 11 is 0. The third-order valence-corrected chi connectivity index (χ3v) is 4.94. The molecule has 0 aromatic heterocycles. The zero-order valence-corrected chi connectivity index (χ0v) is 11.6. The number of nitrogens with one attached hydrogen (secondary N) is 1. The van der Waals surface area contributed by atoms with E-state index >= 15 is 0 Å². The molecule has 0 aromatic carbocycles. The van der Waals surface area contributed by atoms with Crippen molar-refractivity contribution < 1.29 is 0 Å². The Morgan fingerprint density at radius 3 is 2.19 bits per heavy atom. The molecule has 0 amide bonds. The third kappa shape index (κ3) is 2.80. The van der Waals surface area contributed by atoms with Crippen LogP contribution in [0.2, 0.25) is 0 Å². The van der Waals surface area contributed by atoms with Crippen molar-refractivity contribution in [3.8, 4) is 0 Å². The molecule has 0 aromatic rings. The van der Waals surface area contributed by atoms with Crippen LogP contribution in [0.5, 0.6) is 0 Å². The summed E-state index contributed by atoms with van der Waals surface area (Å²) in [6, 6.07) is 0.771. The van der Waals surface area contributed by atoms with Crippen molar-refractivity contribution in [2.75, 3.05) is 6.54 Å². The largest absolute Gasteiger partial charge is 0.313 e. The van der Waals surface area contributed by atoms with E-state index in [1.807, 2.05) is 0 Å². The van der Waals surface area contributed by atoms with Gasteiger partial charge in [-0.1, -0.05) is 40.5 Å². The van der Waals surface area contributed by atoms with Crippen molar-refractivity contribution in [2.45, 2.75) is 72.3 Å². The molecule has 16 heavy (non-hydrogen) atoms. The lowest BCUT2D eigenvalue weighted by atomic mass is 9.88. The Kier molecular flexibility index (Phi) is 3.36. The minimum absolute atomic E-state index is 0.563. The summed E-state index contributed by atoms with van der Waals surface area (Å²) in [5.41, 5.74) is 1.17. The predicted molar refractivity (Wildman–Crippen MR) is 70.5 cm³/mol. The molecule has 2 fully saturated rings. The highest BCUT2D eigenvalue weighted by Gasteiger charge is 2.37. The van der Waals surface area contributed by atoms with E-state index in [2.05, 4.69) is 33.0 Å². The average molecular weight is 223 g/mol. The molecule has 2 unspecified atom stereocenters. The molecule has 0 bridgehead atoms. The first kappa shape index (κ1) is 12.4. The van der Waals surface area contributed by atoms with Crippen LogP contribution in [0.4, 0.5) is 0 Å². The van der Waals surface area contributed by atoms with Gasteiger partial charge in [-0.3, -0.25) is 0 Å². The second kappa shape index (κ2) is 4.33. The van der Waals surface area contributed by atoms with E-state index in [1.54, 1.807) is 0 Å². The maximum absolute atomic E-state index is 3.87. The number of hydrogen-bond donors (Lipinski definition) is 1. The van der Waals surface area contributed by atoms with Crippen LogP contribution in [0.25, 0.3) is 0 Å². The van der Waals surface area contributed by atoms with Crippen molar-refractivity contribution in [2.24, 2.45) is 16.7 Å². The maximum Gasteiger partial charge on any atom is 0.00982 e. The van der Waals surface area contributed by atoms with Crippen LogP contribution < -0.4 is 5.32 Å². The predicted octanol–water partition coefficient (Wildman–Crippen LogP) is 3.98. The van der Waals surface area contributed by atoms with Gasteiger partial charge in [-0.25, -0.2) is 0 Å². The van der Waals surface area contributed by atoms with E-state index in [4.69, 9.17) is 0 Å². The Bertz CT molecular complexity index is 238. The molecule has 0 saturated heterocycles. The highest BCUT2D eigenvalue weighted by atomic mass is 14.9. The Labute approximate surface area is 101 Å². The van der Waals surface area contributed by atoms with Crippen LogP contribution in [0.1, 0.15) is 66.2 Å². The Hall–Kier alpha value is -0.0400. The summed E-state index contributed by atoms with van der Waals surface area (Å²) in [5, 5.41) is 3.87. The highest BCUT2D eigenvalue weighted by Crippen LogP contribution is 2.42. The van der Waals surface area contributed by atoms with Gasteiger partial charge in [-0.15, -0.1) is 0 Å². The van der Waals surface area contributed by atoms with Gasteiger partial charge in [0.1, 0.15) is 0 Å². The van der Waals surface area contributed by atoms with Gasteiger partial charge in [0.05, 0.1) is 0 Å². The summed E-state index contributed by atoms with van der Waals surface area (Å²) in [6.45, 7) is 11.0. The van der Waals surface area contributed by atoms with Gasteiger partial charge in [0.15, 0.2) is 0 Å². The molecule has 2 rings (SSSR count). The van der Waals surface area contributed by atoms with Crippen molar-refractivity contribution in [1.29, 1.82) is 0 Å². The normalized spacial score (nSPS) is 36.8. The number of hydrogen-bond acceptors (Lipinski definition) is 1. The second-order valence-electron chi connectivity index (χ2n) is 7.55. The first-order valence-corrected chi connectivity index (χ1v) is 7.14. The molecule has 1 heteroatoms. The molecule has 0 radical (unpaired) electrons. The van der Waals surface area contributed by atoms with Crippen LogP contribution in [0, 0.1) is 16.7 Å². The van der Waals surface area contributed by atoms with Gasteiger partial charge in [0.25, 0.3) is 0 Å². The molecule has 2 atom stereocenters. The number of rotatable bonds is 3.